The van der Waals surface area contributed by atoms with Crippen molar-refractivity contribution in [3.8, 4) is 0 Å². The number of anilines is 1. The molecule has 0 radical (unpaired) electrons. The smallest absolute Gasteiger partial charge is 0.261 e. The molecule has 2 aliphatic rings. The summed E-state index contributed by atoms with van der Waals surface area (Å²) in [7, 11) is 0. The van der Waals surface area contributed by atoms with Gasteiger partial charge in [-0.3, -0.25) is 19.3 Å². The lowest BCUT2D eigenvalue weighted by Gasteiger charge is -2.28. The summed E-state index contributed by atoms with van der Waals surface area (Å²) >= 11 is 0. The Labute approximate surface area is 180 Å². The van der Waals surface area contributed by atoms with Gasteiger partial charge in [0.2, 0.25) is 5.91 Å². The first kappa shape index (κ1) is 20.9. The topological polar surface area (TPSA) is 105 Å². The molecule has 9 nitrogen and oxygen atoms in total. The van der Waals surface area contributed by atoms with E-state index < -0.39 is 0 Å². The highest BCUT2D eigenvalue weighted by molar-refractivity contribution is 6.21. The Balaban J connectivity index is 1.26. The Bertz CT molecular complexity index is 968. The Kier molecular flexibility index (Phi) is 6.22. The van der Waals surface area contributed by atoms with Gasteiger partial charge in [-0.2, -0.15) is 0 Å². The number of carbonyl (C=O) groups excluding carboxylic acids is 3. The molecule has 3 heterocycles. The quantitative estimate of drug-likeness (QED) is 0.670. The number of aromatic nitrogens is 2. The highest BCUT2D eigenvalue weighted by Crippen LogP contribution is 2.22. The van der Waals surface area contributed by atoms with Gasteiger partial charge < -0.3 is 15.0 Å². The van der Waals surface area contributed by atoms with E-state index in [0.29, 0.717) is 36.6 Å². The first-order valence-corrected chi connectivity index (χ1v) is 10.4. The van der Waals surface area contributed by atoms with Crippen molar-refractivity contribution in [2.75, 3.05) is 37.7 Å². The monoisotopic (exact) mass is 423 g/mol. The fourth-order valence-corrected chi connectivity index (χ4v) is 3.75. The van der Waals surface area contributed by atoms with Gasteiger partial charge in [-0.15, -0.1) is 0 Å². The lowest BCUT2D eigenvalue weighted by Crippen LogP contribution is -2.37. The second kappa shape index (κ2) is 9.22. The summed E-state index contributed by atoms with van der Waals surface area (Å²) in [5.74, 6) is 0.616. The minimum Gasteiger partial charge on any atom is -0.378 e. The Morgan fingerprint density at radius 2 is 1.77 bits per heavy atom. The van der Waals surface area contributed by atoms with Gasteiger partial charge in [0.15, 0.2) is 0 Å². The van der Waals surface area contributed by atoms with Gasteiger partial charge in [-0.05, 0) is 25.5 Å². The van der Waals surface area contributed by atoms with E-state index in [0.717, 1.165) is 24.6 Å². The maximum absolute atomic E-state index is 12.4. The Morgan fingerprint density at radius 1 is 1.10 bits per heavy atom. The van der Waals surface area contributed by atoms with Crippen LogP contribution in [-0.2, 0) is 16.1 Å². The lowest BCUT2D eigenvalue weighted by molar-refractivity contribution is -0.121. The molecule has 0 bridgehead atoms. The second-order valence-corrected chi connectivity index (χ2v) is 7.57. The van der Waals surface area contributed by atoms with Gasteiger partial charge in [0.25, 0.3) is 11.8 Å². The number of ether oxygens (including phenoxy) is 1. The molecule has 2 aliphatic heterocycles. The maximum atomic E-state index is 12.4. The molecule has 3 amide bonds. The molecule has 1 aromatic carbocycles. The van der Waals surface area contributed by atoms with E-state index in [1.807, 2.05) is 13.0 Å². The van der Waals surface area contributed by atoms with Crippen LogP contribution >= 0.6 is 0 Å². The summed E-state index contributed by atoms with van der Waals surface area (Å²) in [4.78, 5) is 49.3. The summed E-state index contributed by atoms with van der Waals surface area (Å²) in [6.45, 7) is 5.23. The molecule has 9 heteroatoms. The highest BCUT2D eigenvalue weighted by Gasteiger charge is 2.34. The molecule has 0 spiro atoms. The molecule has 2 aromatic rings. The molecular formula is C22H25N5O4. The number of hydrogen-bond donors (Lipinski definition) is 1. The van der Waals surface area contributed by atoms with Gasteiger partial charge in [0, 0.05) is 37.8 Å². The third-order valence-electron chi connectivity index (χ3n) is 5.33. The molecule has 1 N–H and O–H groups in total. The number of morpholine rings is 1. The van der Waals surface area contributed by atoms with Crippen molar-refractivity contribution in [1.29, 1.82) is 0 Å². The van der Waals surface area contributed by atoms with Gasteiger partial charge >= 0.3 is 0 Å². The molecule has 1 saturated heterocycles. The van der Waals surface area contributed by atoms with Crippen LogP contribution in [0.15, 0.2) is 30.3 Å². The standard InChI is InChI=1S/C22H25N5O4/c1-15-13-19(26-9-11-31-12-10-26)25-18(24-15)14-23-20(28)7-4-8-27-21(29)16-5-2-3-6-17(16)22(27)30/h2-3,5-6,13H,4,7-12,14H2,1H3,(H,23,28). The molecular weight excluding hydrogens is 398 g/mol. The Morgan fingerprint density at radius 3 is 2.45 bits per heavy atom. The average Bonchev–Trinajstić information content (AvgIpc) is 3.03. The van der Waals surface area contributed by atoms with Crippen molar-refractivity contribution >= 4 is 23.5 Å². The van der Waals surface area contributed by atoms with Gasteiger partial charge in [-0.25, -0.2) is 9.97 Å². The third kappa shape index (κ3) is 4.72. The summed E-state index contributed by atoms with van der Waals surface area (Å²) in [5.41, 5.74) is 1.68. The maximum Gasteiger partial charge on any atom is 0.261 e. The van der Waals surface area contributed by atoms with E-state index in [1.54, 1.807) is 24.3 Å². The van der Waals surface area contributed by atoms with E-state index in [1.165, 1.54) is 4.90 Å². The minimum absolute atomic E-state index is 0.172. The van der Waals surface area contributed by atoms with Gasteiger partial charge in [0.1, 0.15) is 11.6 Å². The fourth-order valence-electron chi connectivity index (χ4n) is 3.75. The first-order chi connectivity index (χ1) is 15.0. The zero-order valence-electron chi connectivity index (χ0n) is 17.5. The summed E-state index contributed by atoms with van der Waals surface area (Å²) in [5, 5.41) is 2.83. The summed E-state index contributed by atoms with van der Waals surface area (Å²) < 4.78 is 5.38. The number of hydrogen-bond acceptors (Lipinski definition) is 7. The highest BCUT2D eigenvalue weighted by atomic mass is 16.5. The SMILES string of the molecule is Cc1cc(N2CCOCC2)nc(CNC(=O)CCCN2C(=O)c3ccccc3C2=O)n1. The van der Waals surface area contributed by atoms with Crippen LogP contribution in [0.1, 0.15) is 45.1 Å². The van der Waals surface area contributed by atoms with Crippen LogP contribution < -0.4 is 10.2 Å². The van der Waals surface area contributed by atoms with E-state index >= 15 is 0 Å². The van der Waals surface area contributed by atoms with Crippen LogP contribution in [0.3, 0.4) is 0 Å². The normalized spacial score (nSPS) is 15.9. The van der Waals surface area contributed by atoms with Gasteiger partial charge in [-0.1, -0.05) is 12.1 Å². The van der Waals surface area contributed by atoms with Crippen LogP contribution in [-0.4, -0.2) is 65.4 Å². The van der Waals surface area contributed by atoms with E-state index in [2.05, 4.69) is 20.2 Å². The van der Waals surface area contributed by atoms with Crippen LogP contribution in [0.25, 0.3) is 0 Å². The predicted octanol–water partition coefficient (Wildman–Crippen LogP) is 1.31. The molecule has 0 unspecified atom stereocenters. The first-order valence-electron chi connectivity index (χ1n) is 10.4. The fraction of sp³-hybridized carbons (Fsp3) is 0.409. The number of imide groups is 1. The number of rotatable bonds is 7. The van der Waals surface area contributed by atoms with E-state index in [-0.39, 0.29) is 37.2 Å². The number of nitrogens with zero attached hydrogens (tertiary/aromatic N) is 4. The molecule has 162 valence electrons. The molecule has 0 atom stereocenters. The second-order valence-electron chi connectivity index (χ2n) is 7.57. The number of benzene rings is 1. The van der Waals surface area contributed by atoms with Crippen LogP contribution in [0.4, 0.5) is 5.82 Å². The molecule has 4 rings (SSSR count). The zero-order valence-corrected chi connectivity index (χ0v) is 17.5. The zero-order chi connectivity index (χ0) is 21.8. The van der Waals surface area contributed by atoms with Crippen LogP contribution in [0.5, 0.6) is 0 Å². The van der Waals surface area contributed by atoms with Crippen molar-refractivity contribution in [2.45, 2.75) is 26.3 Å². The number of nitrogens with one attached hydrogen (secondary N) is 1. The number of fused-ring (bicyclic) bond motifs is 1. The number of aryl methyl sites for hydroxylation is 1. The van der Waals surface area contributed by atoms with Crippen molar-refractivity contribution in [3.63, 3.8) is 0 Å². The molecule has 0 saturated carbocycles. The van der Waals surface area contributed by atoms with Crippen molar-refractivity contribution in [1.82, 2.24) is 20.2 Å². The number of amides is 3. The van der Waals surface area contributed by atoms with Crippen molar-refractivity contribution in [2.24, 2.45) is 0 Å². The van der Waals surface area contributed by atoms with Crippen LogP contribution in [0.2, 0.25) is 0 Å². The van der Waals surface area contributed by atoms with E-state index in [4.69, 9.17) is 4.74 Å². The van der Waals surface area contributed by atoms with E-state index in [9.17, 15) is 14.4 Å². The summed E-state index contributed by atoms with van der Waals surface area (Å²) in [6.07, 6.45) is 0.598. The molecule has 1 aromatic heterocycles. The third-order valence-corrected chi connectivity index (χ3v) is 5.33. The van der Waals surface area contributed by atoms with Crippen LogP contribution in [0, 0.1) is 6.92 Å². The van der Waals surface area contributed by atoms with Crippen molar-refractivity contribution in [3.05, 3.63) is 53.0 Å². The Hall–Kier alpha value is -3.33. The molecule has 0 aliphatic carbocycles. The molecule has 1 fully saturated rings. The lowest BCUT2D eigenvalue weighted by atomic mass is 10.1. The average molecular weight is 423 g/mol. The van der Waals surface area contributed by atoms with Crippen molar-refractivity contribution < 1.29 is 19.1 Å². The predicted molar refractivity (Wildman–Crippen MR) is 113 cm³/mol. The number of carbonyl (C=O) groups is 3. The van der Waals surface area contributed by atoms with Gasteiger partial charge in [0.05, 0.1) is 30.9 Å². The summed E-state index contributed by atoms with van der Waals surface area (Å²) in [6, 6.07) is 8.70. The minimum atomic E-state index is -0.301. The largest absolute Gasteiger partial charge is 0.378 e. The molecule has 31 heavy (non-hydrogen) atoms.